The number of hydrogen-bond acceptors (Lipinski definition) is 3. The number of halogens is 3. The lowest BCUT2D eigenvalue weighted by atomic mass is 10.0. The van der Waals surface area contributed by atoms with Crippen molar-refractivity contribution in [1.29, 1.82) is 0 Å². The third-order valence-electron chi connectivity index (χ3n) is 3.81. The summed E-state index contributed by atoms with van der Waals surface area (Å²) in [5.74, 6) is -0.498. The van der Waals surface area contributed by atoms with Crippen molar-refractivity contribution >= 4 is 12.0 Å². The van der Waals surface area contributed by atoms with Gasteiger partial charge in [-0.05, 0) is 23.3 Å². The number of ether oxygens (including phenoxy) is 1. The molecule has 144 valence electrons. The first kappa shape index (κ1) is 20.3. The van der Waals surface area contributed by atoms with Gasteiger partial charge in [-0.15, -0.1) is 0 Å². The molecule has 2 aromatic rings. The summed E-state index contributed by atoms with van der Waals surface area (Å²) in [4.78, 5) is 23.7. The van der Waals surface area contributed by atoms with Crippen LogP contribution in [0.5, 0.6) is 0 Å². The predicted molar refractivity (Wildman–Crippen MR) is 92.6 cm³/mol. The van der Waals surface area contributed by atoms with E-state index in [2.05, 4.69) is 15.4 Å². The number of hydrogen-bond donors (Lipinski definition) is 2. The zero-order chi connectivity index (χ0) is 19.9. The van der Waals surface area contributed by atoms with Crippen molar-refractivity contribution in [3.63, 3.8) is 0 Å². The number of alkyl halides is 3. The van der Waals surface area contributed by atoms with Crippen LogP contribution in [0.15, 0.2) is 54.6 Å². The zero-order valence-corrected chi connectivity index (χ0v) is 14.5. The maximum Gasteiger partial charge on any atom is 0.416 e. The van der Waals surface area contributed by atoms with Gasteiger partial charge in [-0.2, -0.15) is 13.2 Å². The maximum atomic E-state index is 12.7. The average Bonchev–Trinajstić information content (AvgIpc) is 2.66. The van der Waals surface area contributed by atoms with Crippen LogP contribution < -0.4 is 10.6 Å². The Balaban J connectivity index is 2.00. The summed E-state index contributed by atoms with van der Waals surface area (Å²) >= 11 is 0. The summed E-state index contributed by atoms with van der Waals surface area (Å²) in [6.45, 7) is -0.0878. The largest absolute Gasteiger partial charge is 0.469 e. The molecular weight excluding hydrogens is 361 g/mol. The summed E-state index contributed by atoms with van der Waals surface area (Å²) in [6.07, 6.45) is -4.52. The fraction of sp³-hybridized carbons (Fsp3) is 0.263. The maximum absolute atomic E-state index is 12.7. The van der Waals surface area contributed by atoms with Gasteiger partial charge in [-0.25, -0.2) is 4.79 Å². The number of methoxy groups -OCH3 is 1. The van der Waals surface area contributed by atoms with E-state index in [4.69, 9.17) is 0 Å². The number of benzene rings is 2. The molecule has 27 heavy (non-hydrogen) atoms. The van der Waals surface area contributed by atoms with Crippen LogP contribution in [0.1, 0.15) is 29.2 Å². The molecule has 0 heterocycles. The summed E-state index contributed by atoms with van der Waals surface area (Å²) in [7, 11) is 1.25. The molecule has 0 aliphatic rings. The lowest BCUT2D eigenvalue weighted by Crippen LogP contribution is -2.38. The lowest BCUT2D eigenvalue weighted by molar-refractivity contribution is -0.141. The van der Waals surface area contributed by atoms with Crippen molar-refractivity contribution < 1.29 is 27.5 Å². The topological polar surface area (TPSA) is 67.4 Å². The molecule has 0 aromatic heterocycles. The molecule has 0 aliphatic carbocycles. The molecule has 0 bridgehead atoms. The van der Waals surface area contributed by atoms with Crippen LogP contribution in [0.4, 0.5) is 18.0 Å². The minimum absolute atomic E-state index is 0.0719. The number of urea groups is 1. The second-order valence-corrected chi connectivity index (χ2v) is 5.77. The van der Waals surface area contributed by atoms with E-state index in [0.29, 0.717) is 11.1 Å². The minimum atomic E-state index is -4.45. The van der Waals surface area contributed by atoms with E-state index < -0.39 is 29.8 Å². The monoisotopic (exact) mass is 380 g/mol. The van der Waals surface area contributed by atoms with E-state index in [9.17, 15) is 22.8 Å². The molecule has 2 N–H and O–H groups in total. The van der Waals surface area contributed by atoms with Gasteiger partial charge in [0, 0.05) is 6.54 Å². The van der Waals surface area contributed by atoms with Crippen molar-refractivity contribution in [3.05, 3.63) is 71.3 Å². The smallest absolute Gasteiger partial charge is 0.416 e. The van der Waals surface area contributed by atoms with Crippen molar-refractivity contribution in [1.82, 2.24) is 10.6 Å². The molecule has 0 spiro atoms. The Labute approximate surface area is 154 Å². The second-order valence-electron chi connectivity index (χ2n) is 5.77. The van der Waals surface area contributed by atoms with Gasteiger partial charge in [0.15, 0.2) is 0 Å². The SMILES string of the molecule is COC(=O)C[C@@H](NC(=O)NCc1cccc(C(F)(F)F)c1)c1ccccc1. The molecule has 2 rings (SSSR count). The van der Waals surface area contributed by atoms with Gasteiger partial charge in [0.05, 0.1) is 25.1 Å². The highest BCUT2D eigenvalue weighted by Crippen LogP contribution is 2.29. The molecule has 8 heteroatoms. The van der Waals surface area contributed by atoms with Crippen molar-refractivity contribution in [3.8, 4) is 0 Å². The number of amides is 2. The summed E-state index contributed by atoms with van der Waals surface area (Å²) < 4.78 is 42.9. The molecule has 0 saturated heterocycles. The molecule has 2 amide bonds. The fourth-order valence-corrected chi connectivity index (χ4v) is 2.44. The van der Waals surface area contributed by atoms with E-state index in [0.717, 1.165) is 12.1 Å². The first-order chi connectivity index (χ1) is 12.8. The Morgan fingerprint density at radius 3 is 2.41 bits per heavy atom. The molecule has 0 fully saturated rings. The highest BCUT2D eigenvalue weighted by molar-refractivity contribution is 5.76. The van der Waals surface area contributed by atoms with Crippen LogP contribution in [0.3, 0.4) is 0 Å². The number of nitrogens with one attached hydrogen (secondary N) is 2. The van der Waals surface area contributed by atoms with Gasteiger partial charge in [0.25, 0.3) is 0 Å². The van der Waals surface area contributed by atoms with Crippen molar-refractivity contribution in [2.75, 3.05) is 7.11 Å². The van der Waals surface area contributed by atoms with Gasteiger partial charge in [-0.3, -0.25) is 4.79 Å². The third-order valence-corrected chi connectivity index (χ3v) is 3.81. The van der Waals surface area contributed by atoms with Gasteiger partial charge in [0.2, 0.25) is 0 Å². The number of carbonyl (C=O) groups is 2. The van der Waals surface area contributed by atoms with E-state index in [1.165, 1.54) is 19.2 Å². The summed E-state index contributed by atoms with van der Waals surface area (Å²) in [5, 5.41) is 5.14. The highest BCUT2D eigenvalue weighted by Gasteiger charge is 2.30. The Kier molecular flexibility index (Phi) is 6.81. The molecule has 0 radical (unpaired) electrons. The number of rotatable bonds is 6. The van der Waals surface area contributed by atoms with Crippen LogP contribution in [-0.2, 0) is 22.3 Å². The first-order valence-corrected chi connectivity index (χ1v) is 8.12. The molecule has 0 saturated carbocycles. The lowest BCUT2D eigenvalue weighted by Gasteiger charge is -2.19. The summed E-state index contributed by atoms with van der Waals surface area (Å²) in [6, 6.07) is 12.3. The van der Waals surface area contributed by atoms with Gasteiger partial charge >= 0.3 is 18.2 Å². The van der Waals surface area contributed by atoms with Crippen LogP contribution in [0.2, 0.25) is 0 Å². The van der Waals surface area contributed by atoms with Crippen molar-refractivity contribution in [2.45, 2.75) is 25.2 Å². The summed E-state index contributed by atoms with van der Waals surface area (Å²) in [5.41, 5.74) is 0.233. The Hall–Kier alpha value is -3.03. The first-order valence-electron chi connectivity index (χ1n) is 8.12. The molecule has 2 aromatic carbocycles. The van der Waals surface area contributed by atoms with E-state index in [-0.39, 0.29) is 13.0 Å². The van der Waals surface area contributed by atoms with Crippen LogP contribution in [0.25, 0.3) is 0 Å². The zero-order valence-electron chi connectivity index (χ0n) is 14.5. The highest BCUT2D eigenvalue weighted by atomic mass is 19.4. The van der Waals surface area contributed by atoms with Gasteiger partial charge in [-0.1, -0.05) is 42.5 Å². The van der Waals surface area contributed by atoms with E-state index in [1.807, 2.05) is 0 Å². The van der Waals surface area contributed by atoms with E-state index >= 15 is 0 Å². The van der Waals surface area contributed by atoms with Gasteiger partial charge in [0.1, 0.15) is 0 Å². The Morgan fingerprint density at radius 1 is 1.07 bits per heavy atom. The third kappa shape index (κ3) is 6.32. The average molecular weight is 380 g/mol. The molecule has 1 atom stereocenters. The Bertz CT molecular complexity index is 779. The quantitative estimate of drug-likeness (QED) is 0.749. The number of carbonyl (C=O) groups excluding carboxylic acids is 2. The van der Waals surface area contributed by atoms with Crippen LogP contribution >= 0.6 is 0 Å². The predicted octanol–water partition coefficient (Wildman–Crippen LogP) is 3.81. The van der Waals surface area contributed by atoms with Crippen LogP contribution in [0, 0.1) is 0 Å². The van der Waals surface area contributed by atoms with Crippen molar-refractivity contribution in [2.24, 2.45) is 0 Å². The van der Waals surface area contributed by atoms with Crippen LogP contribution in [-0.4, -0.2) is 19.1 Å². The molecular formula is C19H19F3N2O3. The minimum Gasteiger partial charge on any atom is -0.469 e. The molecule has 5 nitrogen and oxygen atoms in total. The van der Waals surface area contributed by atoms with E-state index in [1.54, 1.807) is 30.3 Å². The Morgan fingerprint density at radius 2 is 1.78 bits per heavy atom. The fourth-order valence-electron chi connectivity index (χ4n) is 2.44. The normalized spacial score (nSPS) is 12.1. The standard InChI is InChI=1S/C19H19F3N2O3/c1-27-17(25)11-16(14-7-3-2-4-8-14)24-18(26)23-12-13-6-5-9-15(10-13)19(20,21)22/h2-10,16H,11-12H2,1H3,(H2,23,24,26)/t16-/m1/s1. The number of esters is 1. The second kappa shape index (κ2) is 9.07. The van der Waals surface area contributed by atoms with Gasteiger partial charge < -0.3 is 15.4 Å². The molecule has 0 aliphatic heterocycles. The molecule has 0 unspecified atom stereocenters.